The van der Waals surface area contributed by atoms with Crippen LogP contribution in [0.1, 0.15) is 46.2 Å². The Morgan fingerprint density at radius 2 is 2.15 bits per heavy atom. The molecule has 0 aliphatic carbocycles. The Balaban J connectivity index is 1.98. The lowest BCUT2D eigenvalue weighted by Crippen LogP contribution is -2.26. The smallest absolute Gasteiger partial charge is 0.128 e. The Hall–Kier alpha value is -1.09. The van der Waals surface area contributed by atoms with Gasteiger partial charge >= 0.3 is 0 Å². The molecular weight excluding hydrogens is 246 g/mol. The molecular formula is C17H29N3. The van der Waals surface area contributed by atoms with E-state index in [1.807, 2.05) is 0 Å². The zero-order valence-corrected chi connectivity index (χ0v) is 13.4. The lowest BCUT2D eigenvalue weighted by atomic mass is 9.80. The van der Waals surface area contributed by atoms with Crippen molar-refractivity contribution in [3.63, 3.8) is 0 Å². The molecule has 3 heteroatoms. The fourth-order valence-corrected chi connectivity index (χ4v) is 2.81. The highest BCUT2D eigenvalue weighted by molar-refractivity contribution is 5.40. The van der Waals surface area contributed by atoms with E-state index < -0.39 is 0 Å². The minimum absolute atomic E-state index is 0.398. The molecule has 20 heavy (non-hydrogen) atoms. The largest absolute Gasteiger partial charge is 0.356 e. The molecule has 2 heterocycles. The molecule has 1 aliphatic rings. The molecule has 0 bridgehead atoms. The average Bonchev–Trinajstić information content (AvgIpc) is 2.89. The highest BCUT2D eigenvalue weighted by Crippen LogP contribution is 2.35. The summed E-state index contributed by atoms with van der Waals surface area (Å²) in [5.74, 6) is 1.92. The number of hydrogen-bond donors (Lipinski definition) is 1. The first-order valence-corrected chi connectivity index (χ1v) is 7.92. The van der Waals surface area contributed by atoms with Gasteiger partial charge in [0.15, 0.2) is 0 Å². The third-order valence-corrected chi connectivity index (χ3v) is 4.26. The van der Waals surface area contributed by atoms with Gasteiger partial charge in [0.2, 0.25) is 0 Å². The maximum absolute atomic E-state index is 4.81. The Labute approximate surface area is 123 Å². The first-order valence-electron chi connectivity index (χ1n) is 7.92. The molecule has 1 N–H and O–H groups in total. The van der Waals surface area contributed by atoms with Crippen molar-refractivity contribution in [2.24, 2.45) is 11.3 Å². The van der Waals surface area contributed by atoms with Crippen LogP contribution < -0.4 is 10.2 Å². The molecule has 0 saturated carbocycles. The summed E-state index contributed by atoms with van der Waals surface area (Å²) in [6, 6.07) is 6.40. The number of pyridine rings is 1. The van der Waals surface area contributed by atoms with E-state index in [2.05, 4.69) is 56.1 Å². The molecule has 1 unspecified atom stereocenters. The number of hydrogen-bond acceptors (Lipinski definition) is 3. The van der Waals surface area contributed by atoms with Gasteiger partial charge in [-0.05, 0) is 42.9 Å². The van der Waals surface area contributed by atoms with E-state index in [1.54, 1.807) is 0 Å². The van der Waals surface area contributed by atoms with E-state index in [9.17, 15) is 0 Å². The first kappa shape index (κ1) is 15.3. The number of nitrogens with one attached hydrogen (secondary N) is 1. The summed E-state index contributed by atoms with van der Waals surface area (Å²) in [7, 11) is 0. The van der Waals surface area contributed by atoms with Crippen molar-refractivity contribution in [1.29, 1.82) is 0 Å². The Kier molecular flexibility index (Phi) is 5.03. The summed E-state index contributed by atoms with van der Waals surface area (Å²) in [6.07, 6.45) is 2.45. The van der Waals surface area contributed by atoms with Crippen molar-refractivity contribution in [3.05, 3.63) is 23.9 Å². The molecule has 1 fully saturated rings. The van der Waals surface area contributed by atoms with Crippen molar-refractivity contribution < 1.29 is 0 Å². The van der Waals surface area contributed by atoms with Crippen LogP contribution in [-0.2, 0) is 6.54 Å². The van der Waals surface area contributed by atoms with Crippen molar-refractivity contribution in [2.75, 3.05) is 24.5 Å². The molecule has 1 aromatic rings. The molecule has 2 rings (SSSR count). The van der Waals surface area contributed by atoms with Crippen LogP contribution in [0.4, 0.5) is 5.82 Å². The molecule has 1 atom stereocenters. The van der Waals surface area contributed by atoms with Crippen LogP contribution in [-0.4, -0.2) is 24.6 Å². The molecule has 1 aromatic heterocycles. The lowest BCUT2D eigenvalue weighted by Gasteiger charge is -2.27. The Morgan fingerprint density at radius 3 is 2.80 bits per heavy atom. The molecule has 1 saturated heterocycles. The van der Waals surface area contributed by atoms with Crippen LogP contribution in [0.25, 0.3) is 0 Å². The van der Waals surface area contributed by atoms with Crippen LogP contribution in [0.5, 0.6) is 0 Å². The minimum atomic E-state index is 0.398. The summed E-state index contributed by atoms with van der Waals surface area (Å²) in [6.45, 7) is 13.4. The highest BCUT2D eigenvalue weighted by atomic mass is 15.2. The SMILES string of the molecule is CCCNCc1cccc(N2CCC(C(C)(C)C)C2)n1. The third-order valence-electron chi connectivity index (χ3n) is 4.26. The number of nitrogens with zero attached hydrogens (tertiary/aromatic N) is 2. The van der Waals surface area contributed by atoms with E-state index >= 15 is 0 Å². The van der Waals surface area contributed by atoms with Gasteiger partial charge in [0.1, 0.15) is 5.82 Å². The van der Waals surface area contributed by atoms with E-state index in [0.29, 0.717) is 5.41 Å². The number of rotatable bonds is 5. The topological polar surface area (TPSA) is 28.2 Å². The van der Waals surface area contributed by atoms with E-state index in [4.69, 9.17) is 4.98 Å². The molecule has 0 amide bonds. The second kappa shape index (κ2) is 6.57. The van der Waals surface area contributed by atoms with Crippen LogP contribution in [0.3, 0.4) is 0 Å². The Bertz CT molecular complexity index is 422. The van der Waals surface area contributed by atoms with Crippen molar-refractivity contribution in [1.82, 2.24) is 10.3 Å². The number of aromatic nitrogens is 1. The van der Waals surface area contributed by atoms with Gasteiger partial charge in [0.05, 0.1) is 5.69 Å². The fourth-order valence-electron chi connectivity index (χ4n) is 2.81. The predicted molar refractivity (Wildman–Crippen MR) is 86.0 cm³/mol. The van der Waals surface area contributed by atoms with Crippen LogP contribution >= 0.6 is 0 Å². The monoisotopic (exact) mass is 275 g/mol. The predicted octanol–water partition coefficient (Wildman–Crippen LogP) is 3.45. The van der Waals surface area contributed by atoms with Crippen LogP contribution in [0.15, 0.2) is 18.2 Å². The fraction of sp³-hybridized carbons (Fsp3) is 0.706. The van der Waals surface area contributed by atoms with E-state index in [-0.39, 0.29) is 0 Å². The average molecular weight is 275 g/mol. The molecule has 0 aromatic carbocycles. The normalized spacial score (nSPS) is 19.6. The van der Waals surface area contributed by atoms with Gasteiger partial charge in [-0.25, -0.2) is 4.98 Å². The van der Waals surface area contributed by atoms with Gasteiger partial charge in [-0.1, -0.05) is 33.8 Å². The number of anilines is 1. The molecule has 0 radical (unpaired) electrons. The van der Waals surface area contributed by atoms with Gasteiger partial charge in [0.25, 0.3) is 0 Å². The first-order chi connectivity index (χ1) is 9.50. The van der Waals surface area contributed by atoms with E-state index in [1.165, 1.54) is 12.8 Å². The Morgan fingerprint density at radius 1 is 1.35 bits per heavy atom. The van der Waals surface area contributed by atoms with E-state index in [0.717, 1.165) is 43.6 Å². The molecule has 0 spiro atoms. The van der Waals surface area contributed by atoms with Gasteiger partial charge in [-0.3, -0.25) is 0 Å². The third kappa shape index (κ3) is 3.95. The summed E-state index contributed by atoms with van der Waals surface area (Å²) in [5.41, 5.74) is 1.55. The summed E-state index contributed by atoms with van der Waals surface area (Å²) >= 11 is 0. The second-order valence-corrected chi connectivity index (χ2v) is 6.96. The lowest BCUT2D eigenvalue weighted by molar-refractivity contribution is 0.263. The zero-order valence-electron chi connectivity index (χ0n) is 13.4. The summed E-state index contributed by atoms with van der Waals surface area (Å²) in [4.78, 5) is 7.25. The van der Waals surface area contributed by atoms with Gasteiger partial charge in [0, 0.05) is 19.6 Å². The quantitative estimate of drug-likeness (QED) is 0.834. The molecule has 3 nitrogen and oxygen atoms in total. The van der Waals surface area contributed by atoms with Crippen LogP contribution in [0.2, 0.25) is 0 Å². The maximum atomic E-state index is 4.81. The maximum Gasteiger partial charge on any atom is 0.128 e. The zero-order chi connectivity index (χ0) is 14.6. The van der Waals surface area contributed by atoms with Gasteiger partial charge in [-0.15, -0.1) is 0 Å². The van der Waals surface area contributed by atoms with Gasteiger partial charge in [-0.2, -0.15) is 0 Å². The van der Waals surface area contributed by atoms with Gasteiger partial charge < -0.3 is 10.2 Å². The summed E-state index contributed by atoms with van der Waals surface area (Å²) < 4.78 is 0. The van der Waals surface area contributed by atoms with Crippen molar-refractivity contribution in [3.8, 4) is 0 Å². The minimum Gasteiger partial charge on any atom is -0.356 e. The standard InChI is InChI=1S/C17H29N3/c1-5-10-18-12-15-7-6-8-16(19-15)20-11-9-14(13-20)17(2,3)4/h6-8,14,18H,5,9-13H2,1-4H3. The molecule has 112 valence electrons. The highest BCUT2D eigenvalue weighted by Gasteiger charge is 2.32. The van der Waals surface area contributed by atoms with Crippen molar-refractivity contribution >= 4 is 5.82 Å². The second-order valence-electron chi connectivity index (χ2n) is 6.96. The summed E-state index contributed by atoms with van der Waals surface area (Å²) in [5, 5.41) is 3.42. The van der Waals surface area contributed by atoms with Crippen molar-refractivity contribution in [2.45, 2.75) is 47.1 Å². The molecule has 1 aliphatic heterocycles. The van der Waals surface area contributed by atoms with Crippen LogP contribution in [0, 0.1) is 11.3 Å².